The minimum atomic E-state index is -0.851. The number of nitrogens with zero attached hydrogens (tertiary/aromatic N) is 2. The molecule has 27 heavy (non-hydrogen) atoms. The van der Waals surface area contributed by atoms with E-state index < -0.39 is 17.2 Å². The fraction of sp³-hybridized carbons (Fsp3) is 0.250. The zero-order valence-electron chi connectivity index (χ0n) is 14.9. The second kappa shape index (κ2) is 6.74. The molecular formula is C20H18N2O4S. The number of methoxy groups -OCH3 is 1. The van der Waals surface area contributed by atoms with Gasteiger partial charge < -0.3 is 4.74 Å². The van der Waals surface area contributed by atoms with Crippen LogP contribution in [0.25, 0.3) is 0 Å². The third-order valence-electron chi connectivity index (χ3n) is 4.80. The van der Waals surface area contributed by atoms with Gasteiger partial charge in [0.1, 0.15) is 17.0 Å². The third kappa shape index (κ3) is 2.78. The average Bonchev–Trinajstić information content (AvgIpc) is 2.93. The molecule has 2 aromatic carbocycles. The molecule has 2 aliphatic heterocycles. The number of anilines is 2. The number of thioether (sulfide) groups is 1. The van der Waals surface area contributed by atoms with E-state index >= 15 is 0 Å². The number of hydrogen-bond acceptors (Lipinski definition) is 5. The molecular weight excluding hydrogens is 364 g/mol. The van der Waals surface area contributed by atoms with Crippen molar-refractivity contribution in [2.75, 3.05) is 22.7 Å². The van der Waals surface area contributed by atoms with Crippen molar-refractivity contribution in [3.05, 3.63) is 54.1 Å². The number of carbonyl (C=O) groups is 3. The number of benzene rings is 2. The smallest absolute Gasteiger partial charge is 0.258 e. The number of para-hydroxylation sites is 2. The summed E-state index contributed by atoms with van der Waals surface area (Å²) in [6.45, 7) is 1.95. The van der Waals surface area contributed by atoms with Crippen molar-refractivity contribution >= 4 is 40.9 Å². The maximum absolute atomic E-state index is 13.3. The van der Waals surface area contributed by atoms with Gasteiger partial charge in [-0.25, -0.2) is 4.90 Å². The normalized spacial score (nSPS) is 22.2. The van der Waals surface area contributed by atoms with Crippen LogP contribution in [0.5, 0.6) is 5.75 Å². The molecule has 0 aliphatic carbocycles. The van der Waals surface area contributed by atoms with E-state index in [1.54, 1.807) is 24.3 Å². The molecule has 4 rings (SSSR count). The monoisotopic (exact) mass is 382 g/mol. The lowest BCUT2D eigenvalue weighted by atomic mass is 10.1. The van der Waals surface area contributed by atoms with Crippen molar-refractivity contribution in [2.45, 2.75) is 18.2 Å². The molecule has 138 valence electrons. The van der Waals surface area contributed by atoms with Crippen LogP contribution in [0.1, 0.15) is 5.56 Å². The summed E-state index contributed by atoms with van der Waals surface area (Å²) in [5.74, 6) is -0.294. The summed E-state index contributed by atoms with van der Waals surface area (Å²) in [5.41, 5.74) is 2.09. The van der Waals surface area contributed by atoms with E-state index in [2.05, 4.69) is 0 Å². The minimum Gasteiger partial charge on any atom is -0.495 e. The van der Waals surface area contributed by atoms with Gasteiger partial charge in [-0.05, 0) is 31.2 Å². The summed E-state index contributed by atoms with van der Waals surface area (Å²) in [4.78, 5) is 41.6. The highest BCUT2D eigenvalue weighted by Gasteiger charge is 2.55. The molecule has 6 nitrogen and oxygen atoms in total. The minimum absolute atomic E-state index is 0.161. The van der Waals surface area contributed by atoms with Crippen molar-refractivity contribution < 1.29 is 19.1 Å². The van der Waals surface area contributed by atoms with Crippen LogP contribution in [0, 0.1) is 6.92 Å². The number of hydrogen-bond donors (Lipinski definition) is 0. The van der Waals surface area contributed by atoms with Crippen LogP contribution in [0.15, 0.2) is 48.5 Å². The van der Waals surface area contributed by atoms with Crippen LogP contribution < -0.4 is 14.5 Å². The molecule has 3 amide bonds. The SMILES string of the molecule is COc1ccccc1N1C(=O)[C@H]2SCC(=O)N(c3ccc(C)cc3)[C@@H]2C1=O. The highest BCUT2D eigenvalue weighted by Crippen LogP contribution is 2.40. The average molecular weight is 382 g/mol. The van der Waals surface area contributed by atoms with E-state index in [0.717, 1.165) is 10.5 Å². The predicted octanol–water partition coefficient (Wildman–Crippen LogP) is 2.39. The molecule has 2 saturated heterocycles. The molecule has 0 aromatic heterocycles. The van der Waals surface area contributed by atoms with Crippen LogP contribution >= 0.6 is 11.8 Å². The second-order valence-corrected chi connectivity index (χ2v) is 7.59. The van der Waals surface area contributed by atoms with Gasteiger partial charge >= 0.3 is 0 Å². The van der Waals surface area contributed by atoms with Crippen molar-refractivity contribution in [1.82, 2.24) is 0 Å². The molecule has 2 fully saturated rings. The van der Waals surface area contributed by atoms with E-state index in [4.69, 9.17) is 4.74 Å². The Bertz CT molecular complexity index is 928. The van der Waals surface area contributed by atoms with Crippen molar-refractivity contribution in [3.8, 4) is 5.75 Å². The van der Waals surface area contributed by atoms with E-state index in [-0.39, 0.29) is 17.6 Å². The number of ether oxygens (including phenoxy) is 1. The first kappa shape index (κ1) is 17.6. The van der Waals surface area contributed by atoms with E-state index in [9.17, 15) is 14.4 Å². The molecule has 0 radical (unpaired) electrons. The highest BCUT2D eigenvalue weighted by molar-refractivity contribution is 8.01. The molecule has 0 spiro atoms. The topological polar surface area (TPSA) is 66.9 Å². The van der Waals surface area contributed by atoms with Gasteiger partial charge in [-0.1, -0.05) is 29.8 Å². The van der Waals surface area contributed by atoms with Gasteiger partial charge in [-0.3, -0.25) is 19.3 Å². The van der Waals surface area contributed by atoms with E-state index in [0.29, 0.717) is 17.1 Å². The first-order valence-electron chi connectivity index (χ1n) is 8.54. The molecule has 0 bridgehead atoms. The number of amides is 3. The van der Waals surface area contributed by atoms with Gasteiger partial charge in [-0.2, -0.15) is 0 Å². The van der Waals surface area contributed by atoms with Crippen LogP contribution in [0.3, 0.4) is 0 Å². The third-order valence-corrected chi connectivity index (χ3v) is 6.03. The lowest BCUT2D eigenvalue weighted by Crippen LogP contribution is -2.53. The Morgan fingerprint density at radius 3 is 2.41 bits per heavy atom. The Labute approximate surface area is 161 Å². The predicted molar refractivity (Wildman–Crippen MR) is 104 cm³/mol. The fourth-order valence-electron chi connectivity index (χ4n) is 3.49. The van der Waals surface area contributed by atoms with Gasteiger partial charge in [0, 0.05) is 5.69 Å². The Morgan fingerprint density at radius 1 is 1.00 bits per heavy atom. The quantitative estimate of drug-likeness (QED) is 0.763. The molecule has 7 heteroatoms. The van der Waals surface area contributed by atoms with E-state index in [1.807, 2.05) is 31.2 Å². The Balaban J connectivity index is 1.77. The summed E-state index contributed by atoms with van der Waals surface area (Å²) in [6.07, 6.45) is 0. The summed E-state index contributed by atoms with van der Waals surface area (Å²) in [5, 5.41) is -0.624. The zero-order valence-corrected chi connectivity index (χ0v) is 15.7. The molecule has 2 aromatic rings. The van der Waals surface area contributed by atoms with Crippen molar-refractivity contribution in [1.29, 1.82) is 0 Å². The molecule has 2 aliphatic rings. The molecule has 2 atom stereocenters. The maximum Gasteiger partial charge on any atom is 0.258 e. The number of imide groups is 1. The number of fused-ring (bicyclic) bond motifs is 1. The van der Waals surface area contributed by atoms with E-state index in [1.165, 1.54) is 23.8 Å². The Kier molecular flexibility index (Phi) is 4.39. The molecule has 0 unspecified atom stereocenters. The van der Waals surface area contributed by atoms with Crippen LogP contribution in [0.2, 0.25) is 0 Å². The van der Waals surface area contributed by atoms with Crippen molar-refractivity contribution in [2.24, 2.45) is 0 Å². The zero-order chi connectivity index (χ0) is 19.1. The summed E-state index contributed by atoms with van der Waals surface area (Å²) in [6, 6.07) is 13.4. The summed E-state index contributed by atoms with van der Waals surface area (Å²) < 4.78 is 5.32. The second-order valence-electron chi connectivity index (χ2n) is 6.46. The van der Waals surface area contributed by atoms with Crippen LogP contribution in [-0.2, 0) is 14.4 Å². The number of aryl methyl sites for hydroxylation is 1. The number of rotatable bonds is 3. The van der Waals surface area contributed by atoms with Crippen molar-refractivity contribution in [3.63, 3.8) is 0 Å². The fourth-order valence-corrected chi connectivity index (χ4v) is 4.62. The largest absolute Gasteiger partial charge is 0.495 e. The Morgan fingerprint density at radius 2 is 1.70 bits per heavy atom. The number of carbonyl (C=O) groups excluding carboxylic acids is 3. The molecule has 0 N–H and O–H groups in total. The lowest BCUT2D eigenvalue weighted by Gasteiger charge is -2.34. The van der Waals surface area contributed by atoms with Crippen LogP contribution in [0.4, 0.5) is 11.4 Å². The standard InChI is InChI=1S/C20H18N2O4S/c1-12-7-9-13(10-8-12)21-16(23)11-27-18-17(21)19(24)22(20(18)25)14-5-3-4-6-15(14)26-2/h3-10,17-18H,11H2,1-2H3/t17-,18-/m0/s1. The molecule has 0 saturated carbocycles. The summed E-state index contributed by atoms with van der Waals surface area (Å²) in [7, 11) is 1.49. The summed E-state index contributed by atoms with van der Waals surface area (Å²) >= 11 is 1.22. The lowest BCUT2D eigenvalue weighted by molar-refractivity contribution is -0.123. The van der Waals surface area contributed by atoms with Gasteiger partial charge in [0.25, 0.3) is 5.91 Å². The van der Waals surface area contributed by atoms with Gasteiger partial charge in [-0.15, -0.1) is 11.8 Å². The van der Waals surface area contributed by atoms with Gasteiger partial charge in [0.05, 0.1) is 18.6 Å². The van der Waals surface area contributed by atoms with Crippen LogP contribution in [-0.4, -0.2) is 41.9 Å². The highest BCUT2D eigenvalue weighted by atomic mass is 32.2. The first-order valence-corrected chi connectivity index (χ1v) is 9.59. The van der Waals surface area contributed by atoms with Gasteiger partial charge in [0.15, 0.2) is 0 Å². The van der Waals surface area contributed by atoms with Gasteiger partial charge in [0.2, 0.25) is 11.8 Å². The Hall–Kier alpha value is -2.80. The maximum atomic E-state index is 13.3. The first-order chi connectivity index (χ1) is 13.0. The molecule has 2 heterocycles.